The Labute approximate surface area is 139 Å². The Morgan fingerprint density at radius 1 is 1.09 bits per heavy atom. The molecule has 1 saturated heterocycles. The highest BCUT2D eigenvalue weighted by Gasteiger charge is 2.18. The number of rotatable bonds is 3. The second-order valence-corrected chi connectivity index (χ2v) is 5.68. The predicted octanol–water partition coefficient (Wildman–Crippen LogP) is 3.51. The van der Waals surface area contributed by atoms with Gasteiger partial charge < -0.3 is 10.6 Å². The van der Waals surface area contributed by atoms with Crippen LogP contribution in [0.15, 0.2) is 48.5 Å². The van der Waals surface area contributed by atoms with Crippen LogP contribution in [0.25, 0.3) is 0 Å². The first kappa shape index (κ1) is 15.4. The van der Waals surface area contributed by atoms with Crippen molar-refractivity contribution in [2.75, 3.05) is 23.3 Å². The molecule has 0 radical (unpaired) electrons. The SMILES string of the molecule is O=C(Nc1ccc(N2CCCNC2=O)cc1)c1ccc(Cl)cc1. The van der Waals surface area contributed by atoms with E-state index >= 15 is 0 Å². The quantitative estimate of drug-likeness (QED) is 0.905. The molecule has 3 amide bonds. The second kappa shape index (κ2) is 6.71. The highest BCUT2D eigenvalue weighted by molar-refractivity contribution is 6.30. The zero-order valence-corrected chi connectivity index (χ0v) is 13.1. The summed E-state index contributed by atoms with van der Waals surface area (Å²) in [5.74, 6) is -0.204. The fraction of sp³-hybridized carbons (Fsp3) is 0.176. The zero-order valence-electron chi connectivity index (χ0n) is 12.4. The van der Waals surface area contributed by atoms with Gasteiger partial charge in [0.1, 0.15) is 0 Å². The van der Waals surface area contributed by atoms with Crippen LogP contribution in [0.5, 0.6) is 0 Å². The Balaban J connectivity index is 1.68. The van der Waals surface area contributed by atoms with Crippen LogP contribution in [-0.2, 0) is 0 Å². The number of halogens is 1. The zero-order chi connectivity index (χ0) is 16.2. The van der Waals surface area contributed by atoms with Crippen molar-refractivity contribution in [3.8, 4) is 0 Å². The summed E-state index contributed by atoms with van der Waals surface area (Å²) in [6.45, 7) is 1.41. The lowest BCUT2D eigenvalue weighted by molar-refractivity contribution is 0.102. The monoisotopic (exact) mass is 329 g/mol. The molecule has 1 heterocycles. The molecular weight excluding hydrogens is 314 g/mol. The molecule has 0 saturated carbocycles. The fourth-order valence-electron chi connectivity index (χ4n) is 2.41. The summed E-state index contributed by atoms with van der Waals surface area (Å²) >= 11 is 5.81. The number of nitrogens with zero attached hydrogens (tertiary/aromatic N) is 1. The maximum atomic E-state index is 12.1. The highest BCUT2D eigenvalue weighted by Crippen LogP contribution is 2.20. The molecule has 2 aromatic carbocycles. The summed E-state index contributed by atoms with van der Waals surface area (Å²) in [5, 5.41) is 6.22. The van der Waals surface area contributed by atoms with E-state index in [9.17, 15) is 9.59 Å². The minimum absolute atomic E-state index is 0.0887. The van der Waals surface area contributed by atoms with E-state index in [1.807, 2.05) is 12.1 Å². The molecule has 0 aliphatic carbocycles. The topological polar surface area (TPSA) is 61.4 Å². The van der Waals surface area contributed by atoms with Crippen LogP contribution in [0, 0.1) is 0 Å². The van der Waals surface area contributed by atoms with Gasteiger partial charge in [0.05, 0.1) is 0 Å². The van der Waals surface area contributed by atoms with E-state index in [1.165, 1.54) is 0 Å². The van der Waals surface area contributed by atoms with E-state index in [4.69, 9.17) is 11.6 Å². The van der Waals surface area contributed by atoms with Crippen molar-refractivity contribution < 1.29 is 9.59 Å². The number of carbonyl (C=O) groups excluding carboxylic acids is 2. The van der Waals surface area contributed by atoms with Gasteiger partial charge in [0.2, 0.25) is 0 Å². The van der Waals surface area contributed by atoms with Crippen molar-refractivity contribution in [3.05, 3.63) is 59.1 Å². The van der Waals surface area contributed by atoms with Crippen LogP contribution in [0.2, 0.25) is 5.02 Å². The number of anilines is 2. The minimum atomic E-state index is -0.204. The van der Waals surface area contributed by atoms with Gasteiger partial charge in [-0.3, -0.25) is 9.69 Å². The van der Waals surface area contributed by atoms with Gasteiger partial charge in [-0.05, 0) is 55.0 Å². The molecule has 1 fully saturated rings. The van der Waals surface area contributed by atoms with Gasteiger partial charge >= 0.3 is 6.03 Å². The molecule has 0 spiro atoms. The third-order valence-electron chi connectivity index (χ3n) is 3.62. The molecule has 5 nitrogen and oxygen atoms in total. The van der Waals surface area contributed by atoms with Crippen LogP contribution < -0.4 is 15.5 Å². The van der Waals surface area contributed by atoms with Crippen LogP contribution in [0.4, 0.5) is 16.2 Å². The van der Waals surface area contributed by atoms with Crippen LogP contribution in [-0.4, -0.2) is 25.0 Å². The Bertz CT molecular complexity index is 714. The Morgan fingerprint density at radius 2 is 1.78 bits per heavy atom. The lowest BCUT2D eigenvalue weighted by atomic mass is 10.2. The average Bonchev–Trinajstić information content (AvgIpc) is 2.57. The summed E-state index contributed by atoms with van der Waals surface area (Å²) in [4.78, 5) is 25.6. The van der Waals surface area contributed by atoms with Crippen molar-refractivity contribution in [3.63, 3.8) is 0 Å². The van der Waals surface area contributed by atoms with Crippen molar-refractivity contribution >= 4 is 34.9 Å². The van der Waals surface area contributed by atoms with Crippen molar-refractivity contribution in [1.82, 2.24) is 5.32 Å². The van der Waals surface area contributed by atoms with Crippen molar-refractivity contribution in [2.45, 2.75) is 6.42 Å². The van der Waals surface area contributed by atoms with E-state index in [0.29, 0.717) is 29.4 Å². The highest BCUT2D eigenvalue weighted by atomic mass is 35.5. The number of hydrogen-bond acceptors (Lipinski definition) is 2. The summed E-state index contributed by atoms with van der Waals surface area (Å²) in [6, 6.07) is 13.8. The maximum Gasteiger partial charge on any atom is 0.321 e. The summed E-state index contributed by atoms with van der Waals surface area (Å²) in [6.07, 6.45) is 0.917. The van der Waals surface area contributed by atoms with Gasteiger partial charge in [0, 0.05) is 35.1 Å². The first-order valence-electron chi connectivity index (χ1n) is 7.36. The fourth-order valence-corrected chi connectivity index (χ4v) is 2.53. The van der Waals surface area contributed by atoms with E-state index in [0.717, 1.165) is 12.1 Å². The molecule has 3 rings (SSSR count). The van der Waals surface area contributed by atoms with Gasteiger partial charge in [0.25, 0.3) is 5.91 Å². The Morgan fingerprint density at radius 3 is 2.43 bits per heavy atom. The molecule has 6 heteroatoms. The van der Waals surface area contributed by atoms with Gasteiger partial charge in [-0.25, -0.2) is 4.79 Å². The van der Waals surface area contributed by atoms with Crippen LogP contribution in [0.3, 0.4) is 0 Å². The molecule has 2 aromatic rings. The van der Waals surface area contributed by atoms with Gasteiger partial charge in [-0.2, -0.15) is 0 Å². The standard InChI is InChI=1S/C17H16ClN3O2/c18-13-4-2-12(3-5-13)16(22)20-14-6-8-15(9-7-14)21-11-1-10-19-17(21)23/h2-9H,1,10-11H2,(H,19,23)(H,20,22). The normalized spacial score (nSPS) is 14.3. The Kier molecular flexibility index (Phi) is 4.48. The van der Waals surface area contributed by atoms with Crippen molar-refractivity contribution in [2.24, 2.45) is 0 Å². The molecule has 118 valence electrons. The summed E-state index contributed by atoms with van der Waals surface area (Å²) < 4.78 is 0. The van der Waals surface area contributed by atoms with E-state index in [1.54, 1.807) is 41.3 Å². The number of nitrogens with one attached hydrogen (secondary N) is 2. The van der Waals surface area contributed by atoms with Crippen molar-refractivity contribution in [1.29, 1.82) is 0 Å². The first-order chi connectivity index (χ1) is 11.1. The first-order valence-corrected chi connectivity index (χ1v) is 7.73. The number of urea groups is 1. The molecule has 0 aromatic heterocycles. The second-order valence-electron chi connectivity index (χ2n) is 5.25. The molecule has 0 bridgehead atoms. The third-order valence-corrected chi connectivity index (χ3v) is 3.88. The third kappa shape index (κ3) is 3.63. The Hall–Kier alpha value is -2.53. The molecule has 1 aliphatic heterocycles. The van der Waals surface area contributed by atoms with Gasteiger partial charge in [-0.15, -0.1) is 0 Å². The molecule has 2 N–H and O–H groups in total. The number of benzene rings is 2. The predicted molar refractivity (Wildman–Crippen MR) is 91.2 cm³/mol. The molecular formula is C17H16ClN3O2. The molecule has 23 heavy (non-hydrogen) atoms. The molecule has 0 atom stereocenters. The number of amides is 3. The number of hydrogen-bond donors (Lipinski definition) is 2. The largest absolute Gasteiger partial charge is 0.338 e. The van der Waals surface area contributed by atoms with Gasteiger partial charge in [0.15, 0.2) is 0 Å². The smallest absolute Gasteiger partial charge is 0.321 e. The number of carbonyl (C=O) groups is 2. The molecule has 1 aliphatic rings. The van der Waals surface area contributed by atoms with E-state index in [-0.39, 0.29) is 11.9 Å². The van der Waals surface area contributed by atoms with E-state index in [2.05, 4.69) is 10.6 Å². The maximum absolute atomic E-state index is 12.1. The van der Waals surface area contributed by atoms with Gasteiger partial charge in [-0.1, -0.05) is 11.6 Å². The average molecular weight is 330 g/mol. The summed E-state index contributed by atoms with van der Waals surface area (Å²) in [7, 11) is 0. The molecule has 0 unspecified atom stereocenters. The lowest BCUT2D eigenvalue weighted by Gasteiger charge is -2.27. The minimum Gasteiger partial charge on any atom is -0.338 e. The van der Waals surface area contributed by atoms with E-state index < -0.39 is 0 Å². The summed E-state index contributed by atoms with van der Waals surface area (Å²) in [5.41, 5.74) is 2.02. The van der Waals surface area contributed by atoms with Crippen LogP contribution >= 0.6 is 11.6 Å². The van der Waals surface area contributed by atoms with Crippen LogP contribution in [0.1, 0.15) is 16.8 Å². The lowest BCUT2D eigenvalue weighted by Crippen LogP contribution is -2.46.